The molecule has 25 heavy (non-hydrogen) atoms. The molecule has 0 amide bonds. The predicted octanol–water partition coefficient (Wildman–Crippen LogP) is 2.02. The third-order valence-corrected chi connectivity index (χ3v) is 4.35. The van der Waals surface area contributed by atoms with Crippen molar-refractivity contribution in [2.75, 3.05) is 0 Å². The van der Waals surface area contributed by atoms with E-state index in [0.29, 0.717) is 30.5 Å². The lowest BCUT2D eigenvalue weighted by Crippen LogP contribution is -2.07. The molecule has 1 aromatic carbocycles. The van der Waals surface area contributed by atoms with Crippen LogP contribution in [0.1, 0.15) is 22.8 Å². The molecule has 0 spiro atoms. The average Bonchev–Trinajstić information content (AvgIpc) is 3.33. The minimum Gasteiger partial charge on any atom is -0.372 e. The number of nitrogens with zero attached hydrogens (tertiary/aromatic N) is 7. The highest BCUT2D eigenvalue weighted by Crippen LogP contribution is 2.31. The van der Waals surface area contributed by atoms with Crippen LogP contribution in [0.3, 0.4) is 0 Å². The Bertz CT molecular complexity index is 1110. The summed E-state index contributed by atoms with van der Waals surface area (Å²) < 4.78 is 9.07. The van der Waals surface area contributed by atoms with Gasteiger partial charge in [-0.05, 0) is 37.1 Å². The van der Waals surface area contributed by atoms with Crippen LogP contribution >= 0.6 is 0 Å². The molecule has 4 heterocycles. The largest absolute Gasteiger partial charge is 0.372 e. The van der Waals surface area contributed by atoms with Crippen molar-refractivity contribution in [2.45, 2.75) is 27.1 Å². The Labute approximate surface area is 143 Å². The highest BCUT2D eigenvalue weighted by Gasteiger charge is 2.21. The molecule has 0 N–H and O–H groups in total. The average molecular weight is 333 g/mol. The highest BCUT2D eigenvalue weighted by molar-refractivity contribution is 5.64. The van der Waals surface area contributed by atoms with Crippen molar-refractivity contribution in [1.29, 1.82) is 0 Å². The molecule has 0 saturated carbocycles. The molecule has 0 saturated heterocycles. The maximum Gasteiger partial charge on any atom is 0.178 e. The van der Waals surface area contributed by atoms with Gasteiger partial charge in [-0.2, -0.15) is 9.20 Å². The van der Waals surface area contributed by atoms with Crippen molar-refractivity contribution in [2.24, 2.45) is 0 Å². The maximum absolute atomic E-state index is 5.60. The second-order valence-corrected chi connectivity index (χ2v) is 6.04. The molecule has 5 rings (SSSR count). The SMILES string of the molecule is Cc1nc(-c2cccc3c2COC3)n(-c2ccc3nnc(C)n3n2)n1. The topological polar surface area (TPSA) is 83.0 Å². The summed E-state index contributed by atoms with van der Waals surface area (Å²) in [5.74, 6) is 2.85. The summed E-state index contributed by atoms with van der Waals surface area (Å²) in [4.78, 5) is 4.64. The molecule has 0 atom stereocenters. The standard InChI is InChI=1S/C17H15N7O/c1-10-18-17(13-5-3-4-12-8-25-9-14(12)13)24(21-10)16-7-6-15-20-19-11(2)23(15)22-16/h3-7H,8-9H2,1-2H3. The van der Waals surface area contributed by atoms with Crippen LogP contribution in [0.15, 0.2) is 30.3 Å². The van der Waals surface area contributed by atoms with Crippen molar-refractivity contribution >= 4 is 5.65 Å². The lowest BCUT2D eigenvalue weighted by Gasteiger charge is -2.09. The molecule has 0 aliphatic carbocycles. The van der Waals surface area contributed by atoms with Gasteiger partial charge in [0.25, 0.3) is 0 Å². The molecule has 0 radical (unpaired) electrons. The molecule has 0 bridgehead atoms. The molecule has 1 aliphatic heterocycles. The third-order valence-electron chi connectivity index (χ3n) is 4.35. The Morgan fingerprint density at radius 1 is 1.00 bits per heavy atom. The van der Waals surface area contributed by atoms with E-state index in [4.69, 9.17) is 4.74 Å². The van der Waals surface area contributed by atoms with Crippen molar-refractivity contribution in [3.63, 3.8) is 0 Å². The zero-order valence-electron chi connectivity index (χ0n) is 13.8. The first-order chi connectivity index (χ1) is 12.2. The van der Waals surface area contributed by atoms with Gasteiger partial charge in [-0.1, -0.05) is 18.2 Å². The van der Waals surface area contributed by atoms with Gasteiger partial charge in [-0.25, -0.2) is 4.98 Å². The summed E-state index contributed by atoms with van der Waals surface area (Å²) in [5, 5.41) is 17.3. The van der Waals surface area contributed by atoms with Gasteiger partial charge >= 0.3 is 0 Å². The number of benzene rings is 1. The fourth-order valence-electron chi connectivity index (χ4n) is 3.16. The van der Waals surface area contributed by atoms with Gasteiger partial charge in [0.05, 0.1) is 13.2 Å². The summed E-state index contributed by atoms with van der Waals surface area (Å²) in [5.41, 5.74) is 4.09. The fourth-order valence-corrected chi connectivity index (χ4v) is 3.16. The zero-order chi connectivity index (χ0) is 17.0. The van der Waals surface area contributed by atoms with Crippen molar-refractivity contribution in [3.05, 3.63) is 53.1 Å². The molecule has 124 valence electrons. The summed E-state index contributed by atoms with van der Waals surface area (Å²) in [6.45, 7) is 4.97. The van der Waals surface area contributed by atoms with E-state index in [2.05, 4.69) is 37.5 Å². The maximum atomic E-state index is 5.60. The quantitative estimate of drug-likeness (QED) is 0.558. The van der Waals surface area contributed by atoms with E-state index < -0.39 is 0 Å². The molecule has 0 fully saturated rings. The predicted molar refractivity (Wildman–Crippen MR) is 89.1 cm³/mol. The smallest absolute Gasteiger partial charge is 0.178 e. The van der Waals surface area contributed by atoms with Gasteiger partial charge in [0.1, 0.15) is 5.82 Å². The molecule has 0 unspecified atom stereocenters. The van der Waals surface area contributed by atoms with Crippen LogP contribution in [0.5, 0.6) is 0 Å². The third kappa shape index (κ3) is 2.14. The minimum atomic E-state index is 0.592. The van der Waals surface area contributed by atoms with Crippen LogP contribution < -0.4 is 0 Å². The van der Waals surface area contributed by atoms with E-state index in [1.165, 1.54) is 5.56 Å². The first kappa shape index (κ1) is 14.2. The minimum absolute atomic E-state index is 0.592. The second kappa shape index (κ2) is 5.18. The van der Waals surface area contributed by atoms with E-state index in [-0.39, 0.29) is 0 Å². The van der Waals surface area contributed by atoms with Gasteiger partial charge in [0.15, 0.2) is 23.1 Å². The fraction of sp³-hybridized carbons (Fsp3) is 0.235. The Morgan fingerprint density at radius 3 is 2.84 bits per heavy atom. The number of hydrogen-bond donors (Lipinski definition) is 0. The molecular formula is C17H15N7O. The highest BCUT2D eigenvalue weighted by atomic mass is 16.5. The molecular weight excluding hydrogens is 318 g/mol. The molecule has 1 aliphatic rings. The van der Waals surface area contributed by atoms with Crippen LogP contribution in [0.25, 0.3) is 22.9 Å². The van der Waals surface area contributed by atoms with E-state index in [1.807, 2.05) is 32.0 Å². The molecule has 8 nitrogen and oxygen atoms in total. The van der Waals surface area contributed by atoms with Crippen LogP contribution in [0, 0.1) is 13.8 Å². The summed E-state index contributed by atoms with van der Waals surface area (Å²) in [7, 11) is 0. The van der Waals surface area contributed by atoms with Crippen LogP contribution in [-0.2, 0) is 18.0 Å². The van der Waals surface area contributed by atoms with Gasteiger partial charge in [0.2, 0.25) is 0 Å². The van der Waals surface area contributed by atoms with Crippen LogP contribution in [-0.4, -0.2) is 34.6 Å². The van der Waals surface area contributed by atoms with E-state index >= 15 is 0 Å². The number of aryl methyl sites for hydroxylation is 2. The monoisotopic (exact) mass is 333 g/mol. The lowest BCUT2D eigenvalue weighted by atomic mass is 10.0. The van der Waals surface area contributed by atoms with E-state index in [9.17, 15) is 0 Å². The van der Waals surface area contributed by atoms with Gasteiger partial charge in [-0.3, -0.25) is 0 Å². The van der Waals surface area contributed by atoms with Crippen molar-refractivity contribution in [3.8, 4) is 17.2 Å². The lowest BCUT2D eigenvalue weighted by molar-refractivity contribution is 0.134. The molecule has 8 heteroatoms. The van der Waals surface area contributed by atoms with Crippen LogP contribution in [0.2, 0.25) is 0 Å². The van der Waals surface area contributed by atoms with E-state index in [0.717, 1.165) is 22.8 Å². The number of rotatable bonds is 2. The number of hydrogen-bond acceptors (Lipinski definition) is 6. The van der Waals surface area contributed by atoms with Crippen molar-refractivity contribution in [1.82, 2.24) is 34.6 Å². The summed E-state index contributed by atoms with van der Waals surface area (Å²) >= 11 is 0. The van der Waals surface area contributed by atoms with Gasteiger partial charge in [-0.15, -0.1) is 20.4 Å². The summed E-state index contributed by atoms with van der Waals surface area (Å²) in [6.07, 6.45) is 0. The first-order valence-corrected chi connectivity index (χ1v) is 8.03. The normalized spacial score (nSPS) is 13.5. The Hall–Kier alpha value is -3.13. The Morgan fingerprint density at radius 2 is 1.92 bits per heavy atom. The second-order valence-electron chi connectivity index (χ2n) is 6.04. The molecule has 3 aromatic heterocycles. The number of fused-ring (bicyclic) bond motifs is 2. The Kier molecular flexibility index (Phi) is 2.95. The molecule has 4 aromatic rings. The number of ether oxygens (including phenoxy) is 1. The first-order valence-electron chi connectivity index (χ1n) is 8.03. The Balaban J connectivity index is 1.73. The van der Waals surface area contributed by atoms with Gasteiger partial charge < -0.3 is 4.74 Å². The van der Waals surface area contributed by atoms with Gasteiger partial charge in [0, 0.05) is 5.56 Å². The zero-order valence-corrected chi connectivity index (χ0v) is 13.8. The van der Waals surface area contributed by atoms with Crippen molar-refractivity contribution < 1.29 is 4.74 Å². The van der Waals surface area contributed by atoms with E-state index in [1.54, 1.807) is 9.20 Å². The summed E-state index contributed by atoms with van der Waals surface area (Å²) in [6, 6.07) is 9.92. The number of aromatic nitrogens is 7. The van der Waals surface area contributed by atoms with Crippen LogP contribution in [0.4, 0.5) is 0 Å².